The maximum atomic E-state index is 13.4. The molecule has 230 valence electrons. The van der Waals surface area contributed by atoms with E-state index in [9.17, 15) is 14.7 Å². The van der Waals surface area contributed by atoms with E-state index in [0.29, 0.717) is 0 Å². The Labute approximate surface area is 256 Å². The first-order chi connectivity index (χ1) is 20.3. The van der Waals surface area contributed by atoms with E-state index < -0.39 is 44.3 Å². The second kappa shape index (κ2) is 13.3. The van der Waals surface area contributed by atoms with Crippen LogP contribution in [0.3, 0.4) is 0 Å². The molecule has 1 aliphatic rings. The lowest BCUT2D eigenvalue weighted by Crippen LogP contribution is -2.67. The molecule has 0 spiro atoms. The number of nitrogens with zero attached hydrogens (tertiary/aromatic N) is 1. The molecule has 9 heteroatoms. The molecule has 1 saturated heterocycles. The van der Waals surface area contributed by atoms with E-state index in [-0.39, 0.29) is 24.8 Å². The monoisotopic (exact) mass is 604 g/mol. The lowest BCUT2D eigenvalue weighted by Gasteiger charge is -2.44. The minimum atomic E-state index is -2.96. The van der Waals surface area contributed by atoms with Gasteiger partial charge in [0.25, 0.3) is 8.32 Å². The number of rotatable bonds is 8. The maximum Gasteiger partial charge on any atom is 0.410 e. The molecule has 1 fully saturated rings. The number of alkyl carbamates (subject to hydrolysis) is 1. The van der Waals surface area contributed by atoms with Gasteiger partial charge >= 0.3 is 12.2 Å². The van der Waals surface area contributed by atoms with Gasteiger partial charge in [-0.05, 0) is 41.7 Å². The van der Waals surface area contributed by atoms with E-state index in [2.05, 4.69) is 50.4 Å². The van der Waals surface area contributed by atoms with Gasteiger partial charge in [0.05, 0.1) is 24.8 Å². The lowest BCUT2D eigenvalue weighted by atomic mass is 10.1. The van der Waals surface area contributed by atoms with E-state index in [1.165, 1.54) is 4.90 Å². The SMILES string of the molecule is CC(C)(C)OC(=O)N1C[C@H](NC(=O)OCc2ccccc2)[C@H](O)[C@H]1CO[Si](c1ccccc1)(c1ccccc1)C(C)(C)C. The van der Waals surface area contributed by atoms with Gasteiger partial charge in [0, 0.05) is 6.54 Å². The van der Waals surface area contributed by atoms with E-state index in [1.54, 1.807) is 20.8 Å². The average molecular weight is 605 g/mol. The normalized spacial score (nSPS) is 19.1. The summed E-state index contributed by atoms with van der Waals surface area (Å²) in [5.41, 5.74) is 0.0996. The highest BCUT2D eigenvalue weighted by atomic mass is 28.4. The summed E-state index contributed by atoms with van der Waals surface area (Å²) in [6.45, 7) is 12.1. The highest BCUT2D eigenvalue weighted by Crippen LogP contribution is 2.37. The molecular weight excluding hydrogens is 560 g/mol. The van der Waals surface area contributed by atoms with Gasteiger partial charge in [-0.3, -0.25) is 4.90 Å². The molecule has 0 saturated carbocycles. The molecule has 2 N–H and O–H groups in total. The Bertz CT molecular complexity index is 1300. The summed E-state index contributed by atoms with van der Waals surface area (Å²) in [4.78, 5) is 27.6. The van der Waals surface area contributed by atoms with Crippen LogP contribution in [0.15, 0.2) is 91.0 Å². The Balaban J connectivity index is 1.62. The number of hydrogen-bond donors (Lipinski definition) is 2. The van der Waals surface area contributed by atoms with Gasteiger partial charge in [0.2, 0.25) is 0 Å². The van der Waals surface area contributed by atoms with Gasteiger partial charge in [-0.1, -0.05) is 112 Å². The smallest absolute Gasteiger partial charge is 0.410 e. The minimum absolute atomic E-state index is 0.0466. The maximum absolute atomic E-state index is 13.4. The molecule has 3 aromatic rings. The number of carbonyl (C=O) groups excluding carboxylic acids is 2. The summed E-state index contributed by atoms with van der Waals surface area (Å²) >= 11 is 0. The number of benzene rings is 3. The zero-order valence-corrected chi connectivity index (χ0v) is 26.9. The van der Waals surface area contributed by atoms with Crippen molar-refractivity contribution in [1.29, 1.82) is 0 Å². The fourth-order valence-corrected chi connectivity index (χ4v) is 10.2. The first-order valence-electron chi connectivity index (χ1n) is 14.7. The predicted octanol–water partition coefficient (Wildman–Crippen LogP) is 4.84. The summed E-state index contributed by atoms with van der Waals surface area (Å²) in [7, 11) is -2.96. The van der Waals surface area contributed by atoms with Crippen LogP contribution >= 0.6 is 0 Å². The molecule has 4 rings (SSSR count). The Morgan fingerprint density at radius 3 is 1.86 bits per heavy atom. The summed E-state index contributed by atoms with van der Waals surface area (Å²) in [5.74, 6) is 0. The van der Waals surface area contributed by atoms with Crippen molar-refractivity contribution < 1.29 is 28.6 Å². The zero-order chi connectivity index (χ0) is 31.3. The number of aliphatic hydroxyl groups is 1. The van der Waals surface area contributed by atoms with Crippen LogP contribution in [-0.2, 0) is 20.5 Å². The molecule has 3 atom stereocenters. The Morgan fingerprint density at radius 2 is 1.37 bits per heavy atom. The highest BCUT2D eigenvalue weighted by Gasteiger charge is 2.53. The van der Waals surface area contributed by atoms with Crippen molar-refractivity contribution in [2.45, 2.75) is 77.0 Å². The van der Waals surface area contributed by atoms with E-state index >= 15 is 0 Å². The Morgan fingerprint density at radius 1 is 0.860 bits per heavy atom. The third-order valence-corrected chi connectivity index (χ3v) is 12.6. The average Bonchev–Trinajstić information content (AvgIpc) is 3.27. The largest absolute Gasteiger partial charge is 0.445 e. The molecule has 43 heavy (non-hydrogen) atoms. The highest BCUT2D eigenvalue weighted by molar-refractivity contribution is 6.99. The van der Waals surface area contributed by atoms with Crippen molar-refractivity contribution in [3.63, 3.8) is 0 Å². The number of amides is 2. The van der Waals surface area contributed by atoms with Gasteiger partial charge in [-0.15, -0.1) is 0 Å². The molecule has 0 radical (unpaired) electrons. The second-order valence-corrected chi connectivity index (χ2v) is 17.3. The zero-order valence-electron chi connectivity index (χ0n) is 25.9. The second-order valence-electron chi connectivity index (χ2n) is 13.0. The molecule has 0 aromatic heterocycles. The number of hydrogen-bond acceptors (Lipinski definition) is 6. The topological polar surface area (TPSA) is 97.3 Å². The molecule has 0 unspecified atom stereocenters. The molecular formula is C34H44N2O6Si. The molecule has 0 bridgehead atoms. The van der Waals surface area contributed by atoms with Gasteiger partial charge in [-0.2, -0.15) is 0 Å². The number of nitrogens with one attached hydrogen (secondary N) is 1. The Hall–Kier alpha value is -3.66. The van der Waals surface area contributed by atoms with Crippen LogP contribution in [0, 0.1) is 0 Å². The van der Waals surface area contributed by atoms with Gasteiger partial charge in [0.1, 0.15) is 12.2 Å². The van der Waals surface area contributed by atoms with Crippen LogP contribution in [0.5, 0.6) is 0 Å². The summed E-state index contributed by atoms with van der Waals surface area (Å²) in [6.07, 6.45) is -2.37. The molecule has 0 aliphatic carbocycles. The van der Waals surface area contributed by atoms with Crippen molar-refractivity contribution in [3.8, 4) is 0 Å². The quantitative estimate of drug-likeness (QED) is 0.358. The number of ether oxygens (including phenoxy) is 2. The molecule has 1 heterocycles. The molecule has 1 aliphatic heterocycles. The van der Waals surface area contributed by atoms with Crippen molar-refractivity contribution in [3.05, 3.63) is 96.6 Å². The predicted molar refractivity (Wildman–Crippen MR) is 170 cm³/mol. The summed E-state index contributed by atoms with van der Waals surface area (Å²) < 4.78 is 18.2. The van der Waals surface area contributed by atoms with Gasteiger partial charge in [-0.25, -0.2) is 9.59 Å². The van der Waals surface area contributed by atoms with Crippen LogP contribution in [0.25, 0.3) is 0 Å². The van der Waals surface area contributed by atoms with E-state index in [4.69, 9.17) is 13.9 Å². The van der Waals surface area contributed by atoms with Crippen molar-refractivity contribution in [2.24, 2.45) is 0 Å². The van der Waals surface area contributed by atoms with Crippen LogP contribution in [0.1, 0.15) is 47.1 Å². The number of carbonyl (C=O) groups is 2. The van der Waals surface area contributed by atoms with E-state index in [1.807, 2.05) is 66.7 Å². The fourth-order valence-electron chi connectivity index (χ4n) is 5.65. The fraction of sp³-hybridized carbons (Fsp3) is 0.412. The lowest BCUT2D eigenvalue weighted by molar-refractivity contribution is 0.00757. The Kier molecular flexibility index (Phi) is 9.99. The number of aliphatic hydroxyl groups excluding tert-OH is 1. The molecule has 2 amide bonds. The van der Waals surface area contributed by atoms with Crippen LogP contribution in [-0.4, -0.2) is 67.5 Å². The van der Waals surface area contributed by atoms with Gasteiger partial charge < -0.3 is 24.3 Å². The summed E-state index contributed by atoms with van der Waals surface area (Å²) in [6, 6.07) is 28.2. The van der Waals surface area contributed by atoms with Crippen LogP contribution in [0.4, 0.5) is 9.59 Å². The van der Waals surface area contributed by atoms with Gasteiger partial charge in [0.15, 0.2) is 0 Å². The first kappa shape index (κ1) is 32.3. The summed E-state index contributed by atoms with van der Waals surface area (Å²) in [5, 5.41) is 16.2. The van der Waals surface area contributed by atoms with Crippen LogP contribution in [0.2, 0.25) is 5.04 Å². The minimum Gasteiger partial charge on any atom is -0.445 e. The van der Waals surface area contributed by atoms with Crippen molar-refractivity contribution >= 4 is 30.9 Å². The van der Waals surface area contributed by atoms with Crippen molar-refractivity contribution in [1.82, 2.24) is 10.2 Å². The molecule has 8 nitrogen and oxygen atoms in total. The third kappa shape index (κ3) is 7.65. The van der Waals surface area contributed by atoms with Crippen LogP contribution < -0.4 is 15.7 Å². The third-order valence-electron chi connectivity index (χ3n) is 7.63. The first-order valence-corrected chi connectivity index (χ1v) is 16.6. The number of likely N-dealkylation sites (tertiary alicyclic amines) is 1. The van der Waals surface area contributed by atoms with E-state index in [0.717, 1.165) is 15.9 Å². The standard InChI is InChI=1S/C34H44N2O6Si/c1-33(2,3)42-32(39)36-22-28(35-31(38)40-23-25-16-10-7-11-17-25)30(37)29(36)24-41-43(34(4,5)6,26-18-12-8-13-19-26)27-20-14-9-15-21-27/h7-21,28-30,37H,22-24H2,1-6H3,(H,35,38)/t28-,29+,30-/m0/s1. The molecule has 3 aromatic carbocycles. The van der Waals surface area contributed by atoms with Crippen molar-refractivity contribution in [2.75, 3.05) is 13.2 Å².